The molecule has 0 aliphatic carbocycles. The van der Waals surface area contributed by atoms with Crippen LogP contribution in [0, 0.1) is 25.2 Å². The van der Waals surface area contributed by atoms with Gasteiger partial charge in [0, 0.05) is 16.6 Å². The molecule has 0 radical (unpaired) electrons. The minimum atomic E-state index is 0.654. The summed E-state index contributed by atoms with van der Waals surface area (Å²) in [4.78, 5) is 3.28. The standard InChI is InChI=1S/C17H15N3/c1-11-7-8-12(2)16(9-11)20-17-14(10-18)13-5-3-4-6-15(13)19-17/h3-9,19-20H,1-2H3. The number of hydrogen-bond donors (Lipinski definition) is 2. The normalized spacial score (nSPS) is 10.4. The fourth-order valence-electron chi connectivity index (χ4n) is 2.36. The number of H-pyrrole nitrogens is 1. The van der Waals surface area contributed by atoms with Crippen molar-refractivity contribution in [1.82, 2.24) is 4.98 Å². The number of rotatable bonds is 2. The van der Waals surface area contributed by atoms with Crippen LogP contribution < -0.4 is 5.32 Å². The molecule has 3 nitrogen and oxygen atoms in total. The number of benzene rings is 2. The van der Waals surface area contributed by atoms with Gasteiger partial charge in [-0.15, -0.1) is 0 Å². The highest BCUT2D eigenvalue weighted by atomic mass is 15.0. The van der Waals surface area contributed by atoms with E-state index in [0.717, 1.165) is 28.0 Å². The molecular weight excluding hydrogens is 246 g/mol. The topological polar surface area (TPSA) is 51.6 Å². The SMILES string of the molecule is Cc1ccc(C)c(Nc2[nH]c3ccccc3c2C#N)c1. The molecule has 1 aromatic heterocycles. The Balaban J connectivity index is 2.11. The molecule has 3 aromatic rings. The molecule has 0 spiro atoms. The number of hydrogen-bond acceptors (Lipinski definition) is 2. The largest absolute Gasteiger partial charge is 0.340 e. The Kier molecular flexibility index (Phi) is 2.92. The quantitative estimate of drug-likeness (QED) is 0.718. The van der Waals surface area contributed by atoms with Crippen LogP contribution in [0.15, 0.2) is 42.5 Å². The zero-order valence-corrected chi connectivity index (χ0v) is 11.5. The molecule has 2 N–H and O–H groups in total. The number of nitriles is 1. The zero-order valence-electron chi connectivity index (χ0n) is 11.5. The molecule has 3 rings (SSSR count). The molecule has 98 valence electrons. The summed E-state index contributed by atoms with van der Waals surface area (Å²) in [6.07, 6.45) is 0. The molecule has 2 aromatic carbocycles. The average Bonchev–Trinajstić information content (AvgIpc) is 2.80. The number of aryl methyl sites for hydroxylation is 2. The van der Waals surface area contributed by atoms with Crippen LogP contribution in [-0.2, 0) is 0 Å². The number of fused-ring (bicyclic) bond motifs is 1. The van der Waals surface area contributed by atoms with E-state index in [1.807, 2.05) is 24.3 Å². The van der Waals surface area contributed by atoms with Crippen molar-refractivity contribution in [3.8, 4) is 6.07 Å². The molecule has 0 aliphatic heterocycles. The third-order valence-corrected chi connectivity index (χ3v) is 3.47. The van der Waals surface area contributed by atoms with Gasteiger partial charge in [0.2, 0.25) is 0 Å². The molecule has 0 aliphatic rings. The predicted molar refractivity (Wildman–Crippen MR) is 82.2 cm³/mol. The fraction of sp³-hybridized carbons (Fsp3) is 0.118. The van der Waals surface area contributed by atoms with Crippen LogP contribution in [0.1, 0.15) is 16.7 Å². The number of para-hydroxylation sites is 1. The maximum Gasteiger partial charge on any atom is 0.127 e. The molecule has 0 fully saturated rings. The van der Waals surface area contributed by atoms with Crippen molar-refractivity contribution in [3.63, 3.8) is 0 Å². The van der Waals surface area contributed by atoms with Gasteiger partial charge in [0.1, 0.15) is 17.5 Å². The first-order valence-electron chi connectivity index (χ1n) is 6.54. The van der Waals surface area contributed by atoms with E-state index in [2.05, 4.69) is 48.4 Å². The van der Waals surface area contributed by atoms with Crippen LogP contribution in [0.4, 0.5) is 11.5 Å². The lowest BCUT2D eigenvalue weighted by molar-refractivity contribution is 1.34. The Hall–Kier alpha value is -2.73. The van der Waals surface area contributed by atoms with Crippen molar-refractivity contribution in [3.05, 3.63) is 59.2 Å². The molecule has 0 saturated carbocycles. The molecule has 0 atom stereocenters. The lowest BCUT2D eigenvalue weighted by Crippen LogP contribution is -1.95. The summed E-state index contributed by atoms with van der Waals surface area (Å²) in [7, 11) is 0. The first kappa shape index (κ1) is 12.3. The molecule has 0 amide bonds. The van der Waals surface area contributed by atoms with Gasteiger partial charge in [-0.3, -0.25) is 0 Å². The molecule has 0 unspecified atom stereocenters. The van der Waals surface area contributed by atoms with Crippen molar-refractivity contribution >= 4 is 22.4 Å². The van der Waals surface area contributed by atoms with E-state index in [1.165, 1.54) is 5.56 Å². The summed E-state index contributed by atoms with van der Waals surface area (Å²) in [6, 6.07) is 16.4. The average molecular weight is 261 g/mol. The molecule has 0 bridgehead atoms. The summed E-state index contributed by atoms with van der Waals surface area (Å²) in [5.41, 5.74) is 4.98. The minimum absolute atomic E-state index is 0.654. The van der Waals surface area contributed by atoms with Crippen molar-refractivity contribution in [2.24, 2.45) is 0 Å². The van der Waals surface area contributed by atoms with Crippen LogP contribution in [0.5, 0.6) is 0 Å². The van der Waals surface area contributed by atoms with E-state index in [0.29, 0.717) is 5.56 Å². The molecular formula is C17H15N3. The summed E-state index contributed by atoms with van der Waals surface area (Å²) in [6.45, 7) is 4.11. The smallest absolute Gasteiger partial charge is 0.127 e. The van der Waals surface area contributed by atoms with Gasteiger partial charge in [0.25, 0.3) is 0 Å². The summed E-state index contributed by atoms with van der Waals surface area (Å²) in [5.74, 6) is 0.752. The summed E-state index contributed by atoms with van der Waals surface area (Å²) in [5, 5.41) is 13.7. The van der Waals surface area contributed by atoms with Crippen molar-refractivity contribution in [2.75, 3.05) is 5.32 Å². The highest BCUT2D eigenvalue weighted by Gasteiger charge is 2.11. The Morgan fingerprint density at radius 2 is 1.90 bits per heavy atom. The number of nitrogens with zero attached hydrogens (tertiary/aromatic N) is 1. The highest BCUT2D eigenvalue weighted by molar-refractivity contribution is 5.92. The van der Waals surface area contributed by atoms with Gasteiger partial charge in [-0.05, 0) is 37.1 Å². The summed E-state index contributed by atoms with van der Waals surface area (Å²) >= 11 is 0. The second-order valence-corrected chi connectivity index (χ2v) is 4.98. The third kappa shape index (κ3) is 2.02. The second kappa shape index (κ2) is 4.75. The Bertz CT molecular complexity index is 822. The number of nitrogens with one attached hydrogen (secondary N) is 2. The van der Waals surface area contributed by atoms with E-state index in [-0.39, 0.29) is 0 Å². The van der Waals surface area contributed by atoms with Gasteiger partial charge >= 0.3 is 0 Å². The predicted octanol–water partition coefficient (Wildman–Crippen LogP) is 4.40. The van der Waals surface area contributed by atoms with Gasteiger partial charge < -0.3 is 10.3 Å². The summed E-state index contributed by atoms with van der Waals surface area (Å²) < 4.78 is 0. The van der Waals surface area contributed by atoms with Crippen molar-refractivity contribution < 1.29 is 0 Å². The second-order valence-electron chi connectivity index (χ2n) is 4.98. The monoisotopic (exact) mass is 261 g/mol. The van der Waals surface area contributed by atoms with Gasteiger partial charge in [0.05, 0.1) is 0 Å². The van der Waals surface area contributed by atoms with Crippen LogP contribution >= 0.6 is 0 Å². The van der Waals surface area contributed by atoms with E-state index in [4.69, 9.17) is 0 Å². The van der Waals surface area contributed by atoms with Gasteiger partial charge in [-0.2, -0.15) is 5.26 Å². The molecule has 0 saturated heterocycles. The Morgan fingerprint density at radius 3 is 2.70 bits per heavy atom. The number of aromatic amines is 1. The van der Waals surface area contributed by atoms with Crippen molar-refractivity contribution in [1.29, 1.82) is 5.26 Å². The highest BCUT2D eigenvalue weighted by Crippen LogP contribution is 2.29. The van der Waals surface area contributed by atoms with Crippen molar-refractivity contribution in [2.45, 2.75) is 13.8 Å². The van der Waals surface area contributed by atoms with Gasteiger partial charge in [-0.1, -0.05) is 30.3 Å². The zero-order chi connectivity index (χ0) is 14.1. The van der Waals surface area contributed by atoms with Crippen LogP contribution in [0.25, 0.3) is 10.9 Å². The van der Waals surface area contributed by atoms with Crippen LogP contribution in [-0.4, -0.2) is 4.98 Å². The number of anilines is 2. The first-order chi connectivity index (χ1) is 9.69. The van der Waals surface area contributed by atoms with Crippen LogP contribution in [0.3, 0.4) is 0 Å². The molecule has 20 heavy (non-hydrogen) atoms. The van der Waals surface area contributed by atoms with E-state index in [1.54, 1.807) is 0 Å². The fourth-order valence-corrected chi connectivity index (χ4v) is 2.36. The van der Waals surface area contributed by atoms with E-state index in [9.17, 15) is 5.26 Å². The van der Waals surface area contributed by atoms with E-state index < -0.39 is 0 Å². The lowest BCUT2D eigenvalue weighted by Gasteiger charge is -2.09. The number of aromatic nitrogens is 1. The lowest BCUT2D eigenvalue weighted by atomic mass is 10.1. The molecule has 1 heterocycles. The third-order valence-electron chi connectivity index (χ3n) is 3.47. The van der Waals surface area contributed by atoms with Gasteiger partial charge in [-0.25, -0.2) is 0 Å². The first-order valence-corrected chi connectivity index (χ1v) is 6.54. The maximum atomic E-state index is 9.40. The van der Waals surface area contributed by atoms with Crippen LogP contribution in [0.2, 0.25) is 0 Å². The minimum Gasteiger partial charge on any atom is -0.340 e. The Labute approximate surface area is 117 Å². The van der Waals surface area contributed by atoms with Gasteiger partial charge in [0.15, 0.2) is 0 Å². The van der Waals surface area contributed by atoms with E-state index >= 15 is 0 Å². The Morgan fingerprint density at radius 1 is 1.10 bits per heavy atom. The molecule has 3 heteroatoms. The maximum absolute atomic E-state index is 9.40.